The van der Waals surface area contributed by atoms with Crippen molar-refractivity contribution < 1.29 is 28.7 Å². The molecule has 0 bridgehead atoms. The first-order chi connectivity index (χ1) is 20.7. The summed E-state index contributed by atoms with van der Waals surface area (Å²) in [5, 5.41) is 11.2. The Morgan fingerprint density at radius 3 is 1.59 bits per heavy atom. The van der Waals surface area contributed by atoms with Crippen molar-refractivity contribution in [3.05, 3.63) is 53.6 Å². The summed E-state index contributed by atoms with van der Waals surface area (Å²) in [6.07, 6.45) is 5.10. The Hall–Kier alpha value is -4.09. The summed E-state index contributed by atoms with van der Waals surface area (Å²) in [6, 6.07) is 9.65. The number of rotatable bonds is 16. The van der Waals surface area contributed by atoms with Crippen LogP contribution in [0.3, 0.4) is 0 Å². The molecule has 0 saturated heterocycles. The lowest BCUT2D eigenvalue weighted by atomic mass is 10.2. The van der Waals surface area contributed by atoms with E-state index in [0.29, 0.717) is 45.6 Å². The van der Waals surface area contributed by atoms with Gasteiger partial charge in [-0.15, -0.1) is 0 Å². The van der Waals surface area contributed by atoms with Gasteiger partial charge in [-0.3, -0.25) is 9.59 Å². The minimum Gasteiger partial charge on any atom is -0.444 e. The molecule has 0 atom stereocenters. The van der Waals surface area contributed by atoms with Gasteiger partial charge in [0.25, 0.3) is 11.8 Å². The number of carbonyl (C=O) groups excluding carboxylic acids is 4. The highest BCUT2D eigenvalue weighted by molar-refractivity contribution is 6.05. The van der Waals surface area contributed by atoms with E-state index in [1.165, 1.54) is 6.33 Å². The molecule has 0 aliphatic heterocycles. The monoisotopic (exact) mass is 614 g/mol. The summed E-state index contributed by atoms with van der Waals surface area (Å²) < 4.78 is 12.1. The standard InChI is InChI=1S/C32H50N6O6/c1-31(2,3)43-29(41)35-20-14-8-12-18-33-27(39)25-26(38(23-37-25)22-24-16-10-7-11-17-24)28(40)34-19-13-9-15-21-36-30(42)44-32(4,5)6/h7,10-11,16-17,23H,8-9,12-15,18-22H2,1-6H3,(H,33,39)(H,34,40)(H,35,41)(H,36,42). The number of benzene rings is 1. The van der Waals surface area contributed by atoms with E-state index in [9.17, 15) is 19.2 Å². The van der Waals surface area contributed by atoms with E-state index in [-0.39, 0.29) is 17.3 Å². The molecule has 0 aliphatic carbocycles. The second kappa shape index (κ2) is 17.9. The summed E-state index contributed by atoms with van der Waals surface area (Å²) >= 11 is 0. The normalized spacial score (nSPS) is 11.4. The van der Waals surface area contributed by atoms with Gasteiger partial charge in [0, 0.05) is 32.7 Å². The topological polar surface area (TPSA) is 153 Å². The highest BCUT2D eigenvalue weighted by Gasteiger charge is 2.24. The van der Waals surface area contributed by atoms with Gasteiger partial charge in [0.1, 0.15) is 16.9 Å². The van der Waals surface area contributed by atoms with Crippen molar-refractivity contribution in [1.82, 2.24) is 30.8 Å². The molecule has 0 aliphatic rings. The Morgan fingerprint density at radius 2 is 1.11 bits per heavy atom. The Labute approximate surface area is 261 Å². The van der Waals surface area contributed by atoms with E-state index in [2.05, 4.69) is 26.3 Å². The summed E-state index contributed by atoms with van der Waals surface area (Å²) in [7, 11) is 0. The summed E-state index contributed by atoms with van der Waals surface area (Å²) in [5.74, 6) is -0.786. The molecule has 0 saturated carbocycles. The fourth-order valence-electron chi connectivity index (χ4n) is 4.12. The zero-order valence-corrected chi connectivity index (χ0v) is 27.1. The van der Waals surface area contributed by atoms with Gasteiger partial charge in [-0.1, -0.05) is 30.3 Å². The second-order valence-corrected chi connectivity index (χ2v) is 12.5. The first-order valence-electron chi connectivity index (χ1n) is 15.3. The molecule has 4 amide bonds. The van der Waals surface area contributed by atoms with Crippen molar-refractivity contribution in [3.63, 3.8) is 0 Å². The van der Waals surface area contributed by atoms with Crippen molar-refractivity contribution >= 4 is 24.0 Å². The van der Waals surface area contributed by atoms with Crippen LogP contribution in [-0.4, -0.2) is 70.9 Å². The molecule has 12 heteroatoms. The molecule has 0 spiro atoms. The highest BCUT2D eigenvalue weighted by Crippen LogP contribution is 2.13. The maximum atomic E-state index is 13.3. The van der Waals surface area contributed by atoms with E-state index in [4.69, 9.17) is 9.47 Å². The Balaban J connectivity index is 1.84. The molecule has 0 fully saturated rings. The van der Waals surface area contributed by atoms with Gasteiger partial charge < -0.3 is 35.3 Å². The van der Waals surface area contributed by atoms with E-state index >= 15 is 0 Å². The number of carbonyl (C=O) groups is 4. The van der Waals surface area contributed by atoms with Crippen molar-refractivity contribution in [3.8, 4) is 0 Å². The number of hydrogen-bond donors (Lipinski definition) is 4. The maximum Gasteiger partial charge on any atom is 0.407 e. The van der Waals surface area contributed by atoms with Crippen LogP contribution in [0.25, 0.3) is 0 Å². The highest BCUT2D eigenvalue weighted by atomic mass is 16.6. The lowest BCUT2D eigenvalue weighted by Gasteiger charge is -2.19. The number of nitrogens with one attached hydrogen (secondary N) is 4. The molecular weight excluding hydrogens is 564 g/mol. The van der Waals surface area contributed by atoms with Gasteiger partial charge in [-0.25, -0.2) is 14.6 Å². The van der Waals surface area contributed by atoms with Crippen LogP contribution in [0.2, 0.25) is 0 Å². The third kappa shape index (κ3) is 14.9. The lowest BCUT2D eigenvalue weighted by molar-refractivity contribution is 0.0515. The average molecular weight is 615 g/mol. The van der Waals surface area contributed by atoms with Crippen molar-refractivity contribution in [1.29, 1.82) is 0 Å². The number of hydrogen-bond acceptors (Lipinski definition) is 7. The van der Waals surface area contributed by atoms with E-state index in [1.807, 2.05) is 71.9 Å². The van der Waals surface area contributed by atoms with Crippen LogP contribution < -0.4 is 21.3 Å². The zero-order chi connectivity index (χ0) is 32.6. The third-order valence-electron chi connectivity index (χ3n) is 6.08. The predicted octanol–water partition coefficient (Wildman–Crippen LogP) is 4.78. The number of nitrogens with zero attached hydrogens (tertiary/aromatic N) is 2. The number of alkyl carbamates (subject to hydrolysis) is 2. The Kier molecular flexibility index (Phi) is 14.7. The van der Waals surface area contributed by atoms with Gasteiger partial charge in [-0.05, 0) is 85.6 Å². The SMILES string of the molecule is CC(C)(C)OC(=O)NCCCCCNC(=O)c1ncn(Cc2ccccc2)c1C(=O)NCCCCCNC(=O)OC(C)(C)C. The van der Waals surface area contributed by atoms with E-state index in [0.717, 1.165) is 31.2 Å². The van der Waals surface area contributed by atoms with Crippen LogP contribution >= 0.6 is 0 Å². The molecule has 2 rings (SSSR count). The number of ether oxygens (including phenoxy) is 2. The largest absolute Gasteiger partial charge is 0.444 e. The molecule has 0 unspecified atom stereocenters. The number of imidazole rings is 1. The minimum absolute atomic E-state index is 0.0755. The maximum absolute atomic E-state index is 13.3. The zero-order valence-electron chi connectivity index (χ0n) is 27.1. The first kappa shape index (κ1) is 36.1. The molecule has 2 aromatic rings. The Morgan fingerprint density at radius 1 is 0.659 bits per heavy atom. The molecular formula is C32H50N6O6. The van der Waals surface area contributed by atoms with Crippen molar-refractivity contribution in [2.75, 3.05) is 26.2 Å². The third-order valence-corrected chi connectivity index (χ3v) is 6.08. The molecule has 44 heavy (non-hydrogen) atoms. The lowest BCUT2D eigenvalue weighted by Crippen LogP contribution is -2.33. The molecule has 0 radical (unpaired) electrons. The minimum atomic E-state index is -0.542. The van der Waals surface area contributed by atoms with Crippen LogP contribution in [0.5, 0.6) is 0 Å². The van der Waals surface area contributed by atoms with Crippen LogP contribution in [0, 0.1) is 0 Å². The molecule has 12 nitrogen and oxygen atoms in total. The van der Waals surface area contributed by atoms with Crippen molar-refractivity contribution in [2.45, 2.75) is 97.8 Å². The van der Waals surface area contributed by atoms with E-state index in [1.54, 1.807) is 4.57 Å². The van der Waals surface area contributed by atoms with Gasteiger partial charge in [0.15, 0.2) is 5.69 Å². The molecule has 1 aromatic heterocycles. The fourth-order valence-corrected chi connectivity index (χ4v) is 4.12. The van der Waals surface area contributed by atoms with Crippen LogP contribution in [0.15, 0.2) is 36.7 Å². The fraction of sp³-hybridized carbons (Fsp3) is 0.594. The first-order valence-corrected chi connectivity index (χ1v) is 15.3. The van der Waals surface area contributed by atoms with Gasteiger partial charge >= 0.3 is 12.2 Å². The molecule has 4 N–H and O–H groups in total. The summed E-state index contributed by atoms with van der Waals surface area (Å²) in [4.78, 5) is 54.1. The molecule has 1 aromatic carbocycles. The van der Waals surface area contributed by atoms with Gasteiger partial charge in [0.2, 0.25) is 0 Å². The molecule has 244 valence electrons. The van der Waals surface area contributed by atoms with Crippen LogP contribution in [0.4, 0.5) is 9.59 Å². The summed E-state index contributed by atoms with van der Waals surface area (Å²) in [5.41, 5.74) is 0.175. The summed E-state index contributed by atoms with van der Waals surface area (Å²) in [6.45, 7) is 13.1. The molecule has 1 heterocycles. The van der Waals surface area contributed by atoms with Crippen LogP contribution in [0.1, 0.15) is 107 Å². The van der Waals surface area contributed by atoms with Crippen LogP contribution in [-0.2, 0) is 16.0 Å². The number of unbranched alkanes of at least 4 members (excludes halogenated alkanes) is 4. The van der Waals surface area contributed by atoms with Crippen molar-refractivity contribution in [2.24, 2.45) is 0 Å². The quantitative estimate of drug-likeness (QED) is 0.199. The van der Waals surface area contributed by atoms with Gasteiger partial charge in [0.05, 0.1) is 6.33 Å². The Bertz CT molecular complexity index is 1200. The second-order valence-electron chi connectivity index (χ2n) is 12.5. The smallest absolute Gasteiger partial charge is 0.407 e. The predicted molar refractivity (Wildman–Crippen MR) is 169 cm³/mol. The van der Waals surface area contributed by atoms with Gasteiger partial charge in [-0.2, -0.15) is 0 Å². The van der Waals surface area contributed by atoms with E-state index < -0.39 is 29.3 Å². The number of amides is 4. The number of aromatic nitrogens is 2. The average Bonchev–Trinajstić information content (AvgIpc) is 3.34.